The number of imidazole rings is 1. The van der Waals surface area contributed by atoms with Gasteiger partial charge in [0.25, 0.3) is 0 Å². The molecule has 3 rings (SSSR count). The lowest BCUT2D eigenvalue weighted by molar-refractivity contribution is -0.137. The molecule has 1 aromatic carbocycles. The number of halogens is 3. The number of nitrogens with zero attached hydrogens (tertiary/aromatic N) is 2. The van der Waals surface area contributed by atoms with Gasteiger partial charge in [0.1, 0.15) is 0 Å². The summed E-state index contributed by atoms with van der Waals surface area (Å²) in [6.07, 6.45) is 0.955. The molecule has 1 heterocycles. The van der Waals surface area contributed by atoms with Gasteiger partial charge in [0.05, 0.1) is 12.1 Å². The molecule has 0 radical (unpaired) electrons. The van der Waals surface area contributed by atoms with Gasteiger partial charge in [0.15, 0.2) is 0 Å². The summed E-state index contributed by atoms with van der Waals surface area (Å²) in [4.78, 5) is 12.0. The first-order valence-corrected chi connectivity index (χ1v) is 6.38. The number of hydrogen-bond donors (Lipinski definition) is 0. The van der Waals surface area contributed by atoms with Gasteiger partial charge in [0.2, 0.25) is 0 Å². The average molecular weight is 282 g/mol. The number of hydrogen-bond acceptors (Lipinski definition) is 1. The summed E-state index contributed by atoms with van der Waals surface area (Å²) in [6.45, 7) is 0.155. The van der Waals surface area contributed by atoms with Crippen molar-refractivity contribution in [3.8, 4) is 0 Å². The molecule has 1 aromatic heterocycles. The van der Waals surface area contributed by atoms with Gasteiger partial charge >= 0.3 is 11.9 Å². The van der Waals surface area contributed by atoms with E-state index >= 15 is 0 Å². The normalized spacial score (nSPS) is 15.6. The average Bonchev–Trinajstić information content (AvgIpc) is 3.16. The first kappa shape index (κ1) is 13.0. The van der Waals surface area contributed by atoms with E-state index in [1.54, 1.807) is 23.0 Å². The SMILES string of the molecule is O=c1n(Cc2cccc(C(F)(F)F)c2)ccn1C1CC1. The largest absolute Gasteiger partial charge is 0.416 e. The molecule has 0 amide bonds. The zero-order valence-electron chi connectivity index (χ0n) is 10.6. The van der Waals surface area contributed by atoms with Crippen molar-refractivity contribution in [1.82, 2.24) is 9.13 Å². The van der Waals surface area contributed by atoms with Crippen LogP contribution in [-0.2, 0) is 12.7 Å². The van der Waals surface area contributed by atoms with Crippen molar-refractivity contribution < 1.29 is 13.2 Å². The predicted molar refractivity (Wildman–Crippen MR) is 67.5 cm³/mol. The van der Waals surface area contributed by atoms with Crippen molar-refractivity contribution in [3.63, 3.8) is 0 Å². The van der Waals surface area contributed by atoms with Crippen molar-refractivity contribution >= 4 is 0 Å². The van der Waals surface area contributed by atoms with E-state index in [1.165, 1.54) is 10.6 Å². The lowest BCUT2D eigenvalue weighted by Gasteiger charge is -2.08. The minimum Gasteiger partial charge on any atom is -0.296 e. The Hall–Kier alpha value is -1.98. The highest BCUT2D eigenvalue weighted by molar-refractivity contribution is 5.25. The molecule has 0 aliphatic heterocycles. The van der Waals surface area contributed by atoms with Crippen LogP contribution < -0.4 is 5.69 Å². The van der Waals surface area contributed by atoms with Crippen LogP contribution in [0.1, 0.15) is 30.0 Å². The van der Waals surface area contributed by atoms with Crippen LogP contribution in [0.5, 0.6) is 0 Å². The quantitative estimate of drug-likeness (QED) is 0.850. The van der Waals surface area contributed by atoms with E-state index in [-0.39, 0.29) is 18.3 Å². The van der Waals surface area contributed by atoms with E-state index in [4.69, 9.17) is 0 Å². The van der Waals surface area contributed by atoms with Gasteiger partial charge in [-0.2, -0.15) is 13.2 Å². The molecular weight excluding hydrogens is 269 g/mol. The van der Waals surface area contributed by atoms with E-state index in [9.17, 15) is 18.0 Å². The standard InChI is InChI=1S/C14H13F3N2O/c15-14(16,17)11-3-1-2-10(8-11)9-18-6-7-19(13(18)20)12-4-5-12/h1-3,6-8,12H,4-5,9H2. The van der Waals surface area contributed by atoms with Gasteiger partial charge in [0, 0.05) is 18.4 Å². The summed E-state index contributed by atoms with van der Waals surface area (Å²) >= 11 is 0. The fraction of sp³-hybridized carbons (Fsp3) is 0.357. The minimum absolute atomic E-state index is 0.155. The van der Waals surface area contributed by atoms with Crippen LogP contribution in [0.15, 0.2) is 41.5 Å². The van der Waals surface area contributed by atoms with Crippen LogP contribution in [-0.4, -0.2) is 9.13 Å². The second-order valence-corrected chi connectivity index (χ2v) is 5.05. The molecule has 0 spiro atoms. The zero-order chi connectivity index (χ0) is 14.3. The van der Waals surface area contributed by atoms with Crippen molar-refractivity contribution in [1.29, 1.82) is 0 Å². The predicted octanol–water partition coefficient (Wildman–Crippen LogP) is 3.05. The summed E-state index contributed by atoms with van der Waals surface area (Å²) in [5, 5.41) is 0. The van der Waals surface area contributed by atoms with Crippen LogP contribution in [0.4, 0.5) is 13.2 Å². The monoisotopic (exact) mass is 282 g/mol. The zero-order valence-corrected chi connectivity index (χ0v) is 10.6. The molecule has 0 bridgehead atoms. The molecule has 0 unspecified atom stereocenters. The van der Waals surface area contributed by atoms with Gasteiger partial charge in [-0.3, -0.25) is 9.13 Å². The number of aromatic nitrogens is 2. The molecule has 1 aliphatic carbocycles. The summed E-state index contributed by atoms with van der Waals surface area (Å²) < 4.78 is 41.0. The van der Waals surface area contributed by atoms with Crippen LogP contribution >= 0.6 is 0 Å². The molecule has 1 saturated carbocycles. The van der Waals surface area contributed by atoms with E-state index in [0.29, 0.717) is 5.56 Å². The first-order chi connectivity index (χ1) is 9.45. The summed E-state index contributed by atoms with van der Waals surface area (Å²) in [5.41, 5.74) is -0.384. The lowest BCUT2D eigenvalue weighted by atomic mass is 10.1. The second-order valence-electron chi connectivity index (χ2n) is 5.05. The van der Waals surface area contributed by atoms with E-state index in [0.717, 1.165) is 25.0 Å². The molecule has 0 saturated heterocycles. The van der Waals surface area contributed by atoms with Crippen LogP contribution in [0, 0.1) is 0 Å². The summed E-state index contributed by atoms with van der Waals surface area (Å²) in [6, 6.07) is 5.34. The van der Waals surface area contributed by atoms with E-state index in [1.807, 2.05) is 0 Å². The molecule has 1 aliphatic rings. The Kier molecular flexibility index (Phi) is 2.96. The van der Waals surface area contributed by atoms with Crippen LogP contribution in [0.2, 0.25) is 0 Å². The maximum absolute atomic E-state index is 12.6. The highest BCUT2D eigenvalue weighted by atomic mass is 19.4. The Morgan fingerprint density at radius 3 is 2.60 bits per heavy atom. The molecular formula is C14H13F3N2O. The van der Waals surface area contributed by atoms with Gasteiger partial charge in [-0.1, -0.05) is 12.1 Å². The van der Waals surface area contributed by atoms with Crippen molar-refractivity contribution in [2.45, 2.75) is 31.6 Å². The smallest absolute Gasteiger partial charge is 0.296 e. The highest BCUT2D eigenvalue weighted by Crippen LogP contribution is 2.33. The fourth-order valence-corrected chi connectivity index (χ4v) is 2.22. The number of alkyl halides is 3. The molecule has 106 valence electrons. The van der Waals surface area contributed by atoms with Gasteiger partial charge in [-0.15, -0.1) is 0 Å². The topological polar surface area (TPSA) is 26.9 Å². The Labute approximate surface area is 113 Å². The number of rotatable bonds is 3. The van der Waals surface area contributed by atoms with Gasteiger partial charge in [-0.25, -0.2) is 4.79 Å². The Balaban J connectivity index is 1.86. The van der Waals surface area contributed by atoms with Crippen molar-refractivity contribution in [2.24, 2.45) is 0 Å². The van der Waals surface area contributed by atoms with Crippen molar-refractivity contribution in [3.05, 3.63) is 58.3 Å². The first-order valence-electron chi connectivity index (χ1n) is 6.38. The third-order valence-electron chi connectivity index (χ3n) is 3.42. The lowest BCUT2D eigenvalue weighted by Crippen LogP contribution is -2.23. The molecule has 6 heteroatoms. The van der Waals surface area contributed by atoms with E-state index < -0.39 is 11.7 Å². The third kappa shape index (κ3) is 2.50. The molecule has 1 fully saturated rings. The molecule has 0 N–H and O–H groups in total. The molecule has 20 heavy (non-hydrogen) atoms. The number of benzene rings is 1. The van der Waals surface area contributed by atoms with Crippen LogP contribution in [0.25, 0.3) is 0 Å². The molecule has 2 aromatic rings. The third-order valence-corrected chi connectivity index (χ3v) is 3.42. The van der Waals surface area contributed by atoms with Crippen molar-refractivity contribution in [2.75, 3.05) is 0 Å². The Morgan fingerprint density at radius 1 is 1.20 bits per heavy atom. The van der Waals surface area contributed by atoms with Gasteiger partial charge in [-0.05, 0) is 30.5 Å². The minimum atomic E-state index is -4.36. The molecule has 3 nitrogen and oxygen atoms in total. The fourth-order valence-electron chi connectivity index (χ4n) is 2.22. The van der Waals surface area contributed by atoms with E-state index in [2.05, 4.69) is 0 Å². The molecule has 0 atom stereocenters. The summed E-state index contributed by atoms with van der Waals surface area (Å²) in [7, 11) is 0. The maximum atomic E-state index is 12.6. The summed E-state index contributed by atoms with van der Waals surface area (Å²) in [5.74, 6) is 0. The Bertz CT molecular complexity index is 680. The highest BCUT2D eigenvalue weighted by Gasteiger charge is 2.30. The van der Waals surface area contributed by atoms with Crippen LogP contribution in [0.3, 0.4) is 0 Å². The Morgan fingerprint density at radius 2 is 1.95 bits per heavy atom. The second kappa shape index (κ2) is 4.54. The van der Waals surface area contributed by atoms with Gasteiger partial charge < -0.3 is 0 Å². The maximum Gasteiger partial charge on any atom is 0.416 e.